The summed E-state index contributed by atoms with van der Waals surface area (Å²) in [7, 11) is -3.40. The van der Waals surface area contributed by atoms with Crippen LogP contribution >= 0.6 is 0 Å². The zero-order chi connectivity index (χ0) is 18.9. The molecule has 2 bridgehead atoms. The predicted molar refractivity (Wildman–Crippen MR) is 105 cm³/mol. The second kappa shape index (κ2) is 7.89. The van der Waals surface area contributed by atoms with Crippen LogP contribution in [0.1, 0.15) is 37.7 Å². The van der Waals surface area contributed by atoms with Crippen LogP contribution < -0.4 is 5.32 Å². The third-order valence-electron chi connectivity index (χ3n) is 6.23. The Hall–Kier alpha value is -1.44. The molecule has 148 valence electrons. The largest absolute Gasteiger partial charge is 0.335 e. The van der Waals surface area contributed by atoms with Crippen LogP contribution in [-0.2, 0) is 20.6 Å². The lowest BCUT2D eigenvalue weighted by molar-refractivity contribution is -0.139. The molecule has 0 spiro atoms. The Labute approximate surface area is 162 Å². The number of carbonyl (C=O) groups is 1. The lowest BCUT2D eigenvalue weighted by atomic mass is 9.97. The van der Waals surface area contributed by atoms with Crippen LogP contribution in [-0.4, -0.2) is 61.8 Å². The second-order valence-electron chi connectivity index (χ2n) is 8.06. The van der Waals surface area contributed by atoms with Crippen molar-refractivity contribution in [3.63, 3.8) is 0 Å². The smallest absolute Gasteiger partial charge is 0.227 e. The summed E-state index contributed by atoms with van der Waals surface area (Å²) < 4.78 is 27.3. The highest BCUT2D eigenvalue weighted by atomic mass is 32.2. The van der Waals surface area contributed by atoms with Gasteiger partial charge in [-0.3, -0.25) is 4.79 Å². The summed E-state index contributed by atoms with van der Waals surface area (Å²) >= 11 is 0. The molecule has 6 nitrogen and oxygen atoms in total. The van der Waals surface area contributed by atoms with Gasteiger partial charge in [0.2, 0.25) is 15.9 Å². The van der Waals surface area contributed by atoms with Crippen LogP contribution in [0.15, 0.2) is 30.3 Å². The summed E-state index contributed by atoms with van der Waals surface area (Å²) in [5.41, 5.74) is 0.794. The molecule has 3 heterocycles. The number of amides is 1. The second-order valence-corrected chi connectivity index (χ2v) is 10.0. The van der Waals surface area contributed by atoms with Crippen molar-refractivity contribution in [2.75, 3.05) is 26.2 Å². The lowest BCUT2D eigenvalue weighted by Gasteiger charge is -2.36. The van der Waals surface area contributed by atoms with E-state index < -0.39 is 10.0 Å². The van der Waals surface area contributed by atoms with E-state index in [4.69, 9.17) is 0 Å². The fourth-order valence-corrected chi connectivity index (χ4v) is 6.44. The molecule has 3 aliphatic rings. The van der Waals surface area contributed by atoms with Crippen molar-refractivity contribution in [2.24, 2.45) is 5.92 Å². The number of rotatable bonds is 4. The van der Waals surface area contributed by atoms with Gasteiger partial charge in [0.25, 0.3) is 0 Å². The molecule has 3 unspecified atom stereocenters. The minimum absolute atomic E-state index is 0.00757. The molecule has 1 aromatic carbocycles. The molecule has 0 saturated carbocycles. The fourth-order valence-electron chi connectivity index (χ4n) is 4.83. The number of nitrogens with zero attached hydrogens (tertiary/aromatic N) is 2. The molecular weight excluding hydrogens is 362 g/mol. The van der Waals surface area contributed by atoms with E-state index >= 15 is 0 Å². The van der Waals surface area contributed by atoms with Crippen molar-refractivity contribution in [1.29, 1.82) is 0 Å². The Morgan fingerprint density at radius 1 is 1.07 bits per heavy atom. The van der Waals surface area contributed by atoms with Gasteiger partial charge in [0, 0.05) is 31.7 Å². The summed E-state index contributed by atoms with van der Waals surface area (Å²) in [4.78, 5) is 15.4. The van der Waals surface area contributed by atoms with Gasteiger partial charge < -0.3 is 10.2 Å². The first-order valence-corrected chi connectivity index (χ1v) is 11.7. The quantitative estimate of drug-likeness (QED) is 0.846. The molecule has 1 aromatic rings. The maximum absolute atomic E-state index is 13.3. The lowest BCUT2D eigenvalue weighted by Crippen LogP contribution is -2.50. The Morgan fingerprint density at radius 2 is 1.85 bits per heavy atom. The number of fused-ring (bicyclic) bond motifs is 2. The first-order valence-electron chi connectivity index (χ1n) is 10.1. The van der Waals surface area contributed by atoms with E-state index in [2.05, 4.69) is 10.2 Å². The van der Waals surface area contributed by atoms with Gasteiger partial charge in [-0.15, -0.1) is 0 Å². The van der Waals surface area contributed by atoms with Gasteiger partial charge in [0.1, 0.15) is 0 Å². The van der Waals surface area contributed by atoms with Crippen LogP contribution in [0.4, 0.5) is 0 Å². The molecule has 4 rings (SSSR count). The zero-order valence-electron chi connectivity index (χ0n) is 15.7. The monoisotopic (exact) mass is 391 g/mol. The van der Waals surface area contributed by atoms with Gasteiger partial charge in [-0.2, -0.15) is 0 Å². The van der Waals surface area contributed by atoms with E-state index in [1.807, 2.05) is 30.3 Å². The van der Waals surface area contributed by atoms with E-state index in [0.717, 1.165) is 50.8 Å². The SMILES string of the molecule is O=C(C1CCCN(S(=O)(=O)Cc2ccccc2)C1)N1C2CCNCC1CC2. The molecule has 3 fully saturated rings. The summed E-state index contributed by atoms with van der Waals surface area (Å²) in [6.07, 6.45) is 4.70. The topological polar surface area (TPSA) is 69.7 Å². The van der Waals surface area contributed by atoms with E-state index in [1.54, 1.807) is 4.31 Å². The van der Waals surface area contributed by atoms with Gasteiger partial charge in [-0.1, -0.05) is 30.3 Å². The predicted octanol–water partition coefficient (Wildman–Crippen LogP) is 1.58. The average molecular weight is 392 g/mol. The van der Waals surface area contributed by atoms with E-state index in [9.17, 15) is 13.2 Å². The number of piperidine rings is 1. The third kappa shape index (κ3) is 4.05. The number of carbonyl (C=O) groups excluding carboxylic acids is 1. The highest BCUT2D eigenvalue weighted by Crippen LogP contribution is 2.32. The first-order chi connectivity index (χ1) is 13.0. The van der Waals surface area contributed by atoms with Crippen LogP contribution in [0.5, 0.6) is 0 Å². The number of benzene rings is 1. The molecule has 3 saturated heterocycles. The van der Waals surface area contributed by atoms with Gasteiger partial charge >= 0.3 is 0 Å². The molecule has 3 atom stereocenters. The number of hydrogen-bond donors (Lipinski definition) is 1. The van der Waals surface area contributed by atoms with Crippen LogP contribution in [0, 0.1) is 5.92 Å². The minimum Gasteiger partial charge on any atom is -0.335 e. The number of nitrogens with one attached hydrogen (secondary N) is 1. The minimum atomic E-state index is -3.40. The van der Waals surface area contributed by atoms with E-state index in [1.165, 1.54) is 0 Å². The zero-order valence-corrected chi connectivity index (χ0v) is 16.5. The van der Waals surface area contributed by atoms with Crippen LogP contribution in [0.2, 0.25) is 0 Å². The summed E-state index contributed by atoms with van der Waals surface area (Å²) in [5.74, 6) is -0.0236. The molecule has 0 radical (unpaired) electrons. The van der Waals surface area contributed by atoms with Crippen molar-refractivity contribution >= 4 is 15.9 Å². The fraction of sp³-hybridized carbons (Fsp3) is 0.650. The van der Waals surface area contributed by atoms with Crippen molar-refractivity contribution in [2.45, 2.75) is 49.9 Å². The van der Waals surface area contributed by atoms with Gasteiger partial charge in [-0.05, 0) is 44.2 Å². The summed E-state index contributed by atoms with van der Waals surface area (Å²) in [6, 6.07) is 9.89. The standard InChI is InChI=1S/C20H29N3O3S/c24-20(23-18-8-9-19(23)13-21-11-10-18)17-7-4-12-22(14-17)27(25,26)15-16-5-2-1-3-6-16/h1-3,5-6,17-19,21H,4,7-15H2. The molecular formula is C20H29N3O3S. The number of hydrogen-bond acceptors (Lipinski definition) is 4. The van der Waals surface area contributed by atoms with Crippen molar-refractivity contribution in [1.82, 2.24) is 14.5 Å². The molecule has 1 N–H and O–H groups in total. The van der Waals surface area contributed by atoms with E-state index in [-0.39, 0.29) is 23.6 Å². The molecule has 7 heteroatoms. The van der Waals surface area contributed by atoms with Crippen molar-refractivity contribution in [3.8, 4) is 0 Å². The van der Waals surface area contributed by atoms with Gasteiger partial charge in [-0.25, -0.2) is 12.7 Å². The Balaban J connectivity index is 1.45. The Morgan fingerprint density at radius 3 is 2.67 bits per heavy atom. The number of sulfonamides is 1. The third-order valence-corrected chi connectivity index (χ3v) is 8.04. The normalized spacial score (nSPS) is 29.5. The molecule has 3 aliphatic heterocycles. The highest BCUT2D eigenvalue weighted by molar-refractivity contribution is 7.88. The molecule has 1 amide bonds. The van der Waals surface area contributed by atoms with Crippen LogP contribution in [0.3, 0.4) is 0 Å². The maximum atomic E-state index is 13.3. The van der Waals surface area contributed by atoms with Gasteiger partial charge in [0.05, 0.1) is 11.7 Å². The van der Waals surface area contributed by atoms with Crippen molar-refractivity contribution in [3.05, 3.63) is 35.9 Å². The Kier molecular flexibility index (Phi) is 5.53. The summed E-state index contributed by atoms with van der Waals surface area (Å²) in [6.45, 7) is 2.68. The highest BCUT2D eigenvalue weighted by Gasteiger charge is 2.42. The summed E-state index contributed by atoms with van der Waals surface area (Å²) in [5, 5.41) is 3.43. The van der Waals surface area contributed by atoms with Crippen molar-refractivity contribution < 1.29 is 13.2 Å². The maximum Gasteiger partial charge on any atom is 0.227 e. The Bertz CT molecular complexity index is 754. The van der Waals surface area contributed by atoms with E-state index in [0.29, 0.717) is 19.1 Å². The van der Waals surface area contributed by atoms with Crippen LogP contribution in [0.25, 0.3) is 0 Å². The average Bonchev–Trinajstić information content (AvgIpc) is 2.94. The first kappa shape index (κ1) is 18.9. The van der Waals surface area contributed by atoms with Gasteiger partial charge in [0.15, 0.2) is 0 Å². The molecule has 0 aromatic heterocycles. The molecule has 27 heavy (non-hydrogen) atoms. The molecule has 0 aliphatic carbocycles.